The quantitative estimate of drug-likeness (QED) is 0.204. The summed E-state index contributed by atoms with van der Waals surface area (Å²) in [6, 6.07) is 8.71. The molecule has 1 rings (SSSR count). The average Bonchev–Trinajstić information content (AvgIpc) is 2.76. The minimum atomic E-state index is 0.548. The molecule has 0 radical (unpaired) electrons. The summed E-state index contributed by atoms with van der Waals surface area (Å²) < 4.78 is 0. The molecule has 5 heteroatoms. The zero-order valence-electron chi connectivity index (χ0n) is 19.4. The minimum Gasteiger partial charge on any atom is -0.394 e. The van der Waals surface area contributed by atoms with E-state index in [1.54, 1.807) is 6.20 Å². The molecule has 168 valence electrons. The van der Waals surface area contributed by atoms with E-state index in [4.69, 9.17) is 5.73 Å². The maximum Gasteiger partial charge on any atom is 0.0375 e. The molecular formula is C25H42N4S. The van der Waals surface area contributed by atoms with Crippen molar-refractivity contribution in [1.82, 2.24) is 10.6 Å². The molecule has 0 aliphatic carbocycles. The smallest absolute Gasteiger partial charge is 0.0375 e. The fraction of sp³-hybridized carbons (Fsp3) is 0.520. The fourth-order valence-corrected chi connectivity index (χ4v) is 4.60. The molecule has 0 aromatic heterocycles. The molecule has 0 amide bonds. The lowest BCUT2D eigenvalue weighted by atomic mass is 9.93. The number of allylic oxidation sites excluding steroid dienone is 1. The molecule has 0 bridgehead atoms. The summed E-state index contributed by atoms with van der Waals surface area (Å²) in [4.78, 5) is 1.45. The van der Waals surface area contributed by atoms with Gasteiger partial charge in [0.25, 0.3) is 0 Å². The van der Waals surface area contributed by atoms with Crippen LogP contribution in [0.3, 0.4) is 0 Å². The van der Waals surface area contributed by atoms with E-state index >= 15 is 0 Å². The van der Waals surface area contributed by atoms with Crippen molar-refractivity contribution < 1.29 is 0 Å². The Morgan fingerprint density at radius 3 is 2.63 bits per heavy atom. The first-order valence-corrected chi connectivity index (χ1v) is 12.3. The van der Waals surface area contributed by atoms with E-state index in [9.17, 15) is 0 Å². The predicted octanol–water partition coefficient (Wildman–Crippen LogP) is 5.58. The van der Waals surface area contributed by atoms with E-state index in [0.717, 1.165) is 25.9 Å². The molecule has 1 atom stereocenters. The highest BCUT2D eigenvalue weighted by atomic mass is 32.2. The van der Waals surface area contributed by atoms with Crippen molar-refractivity contribution in [1.29, 1.82) is 0 Å². The van der Waals surface area contributed by atoms with Gasteiger partial charge < -0.3 is 21.7 Å². The molecular weight excluding hydrogens is 388 g/mol. The molecule has 0 aliphatic heterocycles. The zero-order chi connectivity index (χ0) is 22.2. The molecule has 1 unspecified atom stereocenters. The van der Waals surface area contributed by atoms with Crippen LogP contribution in [-0.2, 0) is 0 Å². The second-order valence-electron chi connectivity index (χ2n) is 7.44. The number of rotatable bonds is 16. The SMILES string of the molecule is C=CNCCC(/C(=C/NC)CN)=C(\CCCCC(C)c1ccccc1NCC)SC. The third kappa shape index (κ3) is 8.88. The summed E-state index contributed by atoms with van der Waals surface area (Å²) in [7, 11) is 1.93. The Morgan fingerprint density at radius 1 is 1.23 bits per heavy atom. The van der Waals surface area contributed by atoms with Gasteiger partial charge in [-0.25, -0.2) is 0 Å². The number of thioether (sulfide) groups is 1. The number of hydrogen-bond acceptors (Lipinski definition) is 5. The van der Waals surface area contributed by atoms with Gasteiger partial charge >= 0.3 is 0 Å². The van der Waals surface area contributed by atoms with Crippen LogP contribution in [0, 0.1) is 0 Å². The van der Waals surface area contributed by atoms with Crippen LogP contribution in [0.1, 0.15) is 57.4 Å². The summed E-state index contributed by atoms with van der Waals surface area (Å²) in [5.74, 6) is 0.557. The first-order valence-electron chi connectivity index (χ1n) is 11.1. The Morgan fingerprint density at radius 2 is 2.00 bits per heavy atom. The maximum absolute atomic E-state index is 6.06. The van der Waals surface area contributed by atoms with Gasteiger partial charge in [0.05, 0.1) is 0 Å². The molecule has 0 fully saturated rings. The van der Waals surface area contributed by atoms with Crippen molar-refractivity contribution in [3.8, 4) is 0 Å². The van der Waals surface area contributed by atoms with E-state index in [2.05, 4.69) is 66.9 Å². The standard InChI is InChI=1S/C25H42N4S/c1-6-28-17-16-23(21(18-26)19-27-4)25(30-5)15-11-8-12-20(3)22-13-9-10-14-24(22)29-7-2/h6,9-10,13-14,19-20,27-29H,1,7-8,11-12,15-18,26H2,2-5H3/b21-19+,25-23-. The Bertz CT molecular complexity index is 681. The third-order valence-electron chi connectivity index (χ3n) is 5.32. The van der Waals surface area contributed by atoms with Gasteiger partial charge in [0.15, 0.2) is 0 Å². The largest absolute Gasteiger partial charge is 0.394 e. The number of hydrogen-bond donors (Lipinski definition) is 4. The number of nitrogens with two attached hydrogens (primary N) is 1. The summed E-state index contributed by atoms with van der Waals surface area (Å²) in [6.45, 7) is 10.6. The second kappa shape index (κ2) is 15.9. The number of unbranched alkanes of at least 4 members (excludes halogenated alkanes) is 1. The third-order valence-corrected chi connectivity index (χ3v) is 6.27. The zero-order valence-corrected chi connectivity index (χ0v) is 20.2. The van der Waals surface area contributed by atoms with Gasteiger partial charge in [-0.3, -0.25) is 0 Å². The molecule has 1 aromatic carbocycles. The van der Waals surface area contributed by atoms with Gasteiger partial charge in [0.1, 0.15) is 0 Å². The van der Waals surface area contributed by atoms with E-state index in [0.29, 0.717) is 12.5 Å². The number of para-hydroxylation sites is 1. The van der Waals surface area contributed by atoms with Gasteiger partial charge in [-0.1, -0.05) is 38.1 Å². The van der Waals surface area contributed by atoms with Crippen LogP contribution < -0.4 is 21.7 Å². The first kappa shape index (κ1) is 26.2. The highest BCUT2D eigenvalue weighted by molar-refractivity contribution is 8.02. The van der Waals surface area contributed by atoms with Gasteiger partial charge in [-0.2, -0.15) is 0 Å². The van der Waals surface area contributed by atoms with E-state index in [1.165, 1.54) is 46.6 Å². The Balaban J connectivity index is 2.77. The summed E-state index contributed by atoms with van der Waals surface area (Å²) in [6.07, 6.45) is 11.7. The van der Waals surface area contributed by atoms with E-state index in [1.807, 2.05) is 25.0 Å². The molecule has 0 spiro atoms. The predicted molar refractivity (Wildman–Crippen MR) is 137 cm³/mol. The van der Waals surface area contributed by atoms with Crippen LogP contribution in [0.2, 0.25) is 0 Å². The van der Waals surface area contributed by atoms with Crippen molar-refractivity contribution in [3.63, 3.8) is 0 Å². The highest BCUT2D eigenvalue weighted by Crippen LogP contribution is 2.32. The van der Waals surface area contributed by atoms with Crippen LogP contribution >= 0.6 is 11.8 Å². The number of benzene rings is 1. The summed E-state index contributed by atoms with van der Waals surface area (Å²) in [5, 5.41) is 9.87. The van der Waals surface area contributed by atoms with Gasteiger partial charge in [0.2, 0.25) is 0 Å². The van der Waals surface area contributed by atoms with Crippen LogP contribution in [0.4, 0.5) is 5.69 Å². The second-order valence-corrected chi connectivity index (χ2v) is 8.34. The highest BCUT2D eigenvalue weighted by Gasteiger charge is 2.13. The molecule has 0 heterocycles. The molecule has 30 heavy (non-hydrogen) atoms. The van der Waals surface area contributed by atoms with Gasteiger partial charge in [-0.15, -0.1) is 11.8 Å². The lowest BCUT2D eigenvalue weighted by Crippen LogP contribution is -2.15. The van der Waals surface area contributed by atoms with E-state index < -0.39 is 0 Å². The minimum absolute atomic E-state index is 0.548. The monoisotopic (exact) mass is 430 g/mol. The normalized spacial score (nSPS) is 13.4. The summed E-state index contributed by atoms with van der Waals surface area (Å²) >= 11 is 1.86. The Labute approximate surface area is 188 Å². The first-order chi connectivity index (χ1) is 14.6. The molecule has 0 saturated heterocycles. The molecule has 4 nitrogen and oxygen atoms in total. The lowest BCUT2D eigenvalue weighted by molar-refractivity contribution is 0.606. The van der Waals surface area contributed by atoms with Gasteiger partial charge in [0, 0.05) is 38.6 Å². The maximum atomic E-state index is 6.06. The fourth-order valence-electron chi connectivity index (χ4n) is 3.77. The van der Waals surface area contributed by atoms with Crippen molar-refractivity contribution in [3.05, 3.63) is 64.9 Å². The van der Waals surface area contributed by atoms with Crippen LogP contribution in [0.25, 0.3) is 0 Å². The lowest BCUT2D eigenvalue weighted by Gasteiger charge is -2.19. The van der Waals surface area contributed by atoms with E-state index in [-0.39, 0.29) is 0 Å². The Kier molecular flexibility index (Phi) is 13.9. The molecule has 1 aromatic rings. The van der Waals surface area contributed by atoms with Crippen molar-refractivity contribution in [2.24, 2.45) is 5.73 Å². The van der Waals surface area contributed by atoms with Gasteiger partial charge in [-0.05, 0) is 78.7 Å². The number of anilines is 1. The van der Waals surface area contributed by atoms with Crippen LogP contribution in [0.5, 0.6) is 0 Å². The van der Waals surface area contributed by atoms with Crippen molar-refractivity contribution >= 4 is 17.4 Å². The number of nitrogens with one attached hydrogen (secondary N) is 3. The van der Waals surface area contributed by atoms with Crippen LogP contribution in [-0.4, -0.2) is 32.9 Å². The van der Waals surface area contributed by atoms with Crippen molar-refractivity contribution in [2.45, 2.75) is 51.9 Å². The molecule has 0 aliphatic rings. The summed E-state index contributed by atoms with van der Waals surface area (Å²) in [5.41, 5.74) is 11.3. The van der Waals surface area contributed by atoms with Crippen molar-refractivity contribution in [2.75, 3.05) is 38.3 Å². The topological polar surface area (TPSA) is 62.1 Å². The Hall–Kier alpha value is -1.85. The molecule has 0 saturated carbocycles. The van der Waals surface area contributed by atoms with Crippen LogP contribution in [0.15, 0.2) is 59.3 Å². The average molecular weight is 431 g/mol. The molecule has 5 N–H and O–H groups in total.